The number of epoxide rings is 1. The molecule has 0 spiro atoms. The molecule has 0 bridgehead atoms. The molecule has 0 radical (unpaired) electrons. The molecule has 0 aliphatic carbocycles. The van der Waals surface area contributed by atoms with Gasteiger partial charge in [0.15, 0.2) is 0 Å². The van der Waals surface area contributed by atoms with Gasteiger partial charge >= 0.3 is 0 Å². The van der Waals surface area contributed by atoms with Crippen LogP contribution < -0.4 is 0 Å². The summed E-state index contributed by atoms with van der Waals surface area (Å²) >= 11 is 0. The van der Waals surface area contributed by atoms with Gasteiger partial charge in [0.1, 0.15) is 6.10 Å². The normalized spacial score (nSPS) is 18.8. The Morgan fingerprint density at radius 1 is 1.25 bits per heavy atom. The van der Waals surface area contributed by atoms with Crippen molar-refractivity contribution < 1.29 is 9.66 Å². The van der Waals surface area contributed by atoms with Gasteiger partial charge in [-0.2, -0.15) is 0 Å². The SMILES string of the molecule is C/C=C(\C(=C/C)[N+](=O)[O-])C1CO1.CC.CC. The Hall–Kier alpha value is -1.16. The van der Waals surface area contributed by atoms with E-state index in [0.29, 0.717) is 12.2 Å². The van der Waals surface area contributed by atoms with Crippen molar-refractivity contribution in [2.24, 2.45) is 0 Å². The van der Waals surface area contributed by atoms with Crippen LogP contribution in [0.5, 0.6) is 0 Å². The average Bonchev–Trinajstić information content (AvgIpc) is 3.14. The lowest BCUT2D eigenvalue weighted by Crippen LogP contribution is -2.06. The molecule has 0 aromatic carbocycles. The Bertz CT molecular complexity index is 253. The molecule has 1 saturated heterocycles. The Kier molecular flexibility index (Phi) is 11.2. The van der Waals surface area contributed by atoms with Crippen LogP contribution in [0.25, 0.3) is 0 Å². The Balaban J connectivity index is 0. The molecule has 94 valence electrons. The summed E-state index contributed by atoms with van der Waals surface area (Å²) in [5.41, 5.74) is 0.836. The molecule has 1 heterocycles. The van der Waals surface area contributed by atoms with E-state index in [9.17, 15) is 10.1 Å². The third-order valence-electron chi connectivity index (χ3n) is 1.76. The summed E-state index contributed by atoms with van der Waals surface area (Å²) in [6, 6.07) is 0. The third-order valence-corrected chi connectivity index (χ3v) is 1.76. The fourth-order valence-electron chi connectivity index (χ4n) is 1.10. The van der Waals surface area contributed by atoms with Gasteiger partial charge in [-0.1, -0.05) is 33.8 Å². The van der Waals surface area contributed by atoms with E-state index in [0.717, 1.165) is 0 Å². The van der Waals surface area contributed by atoms with Gasteiger partial charge < -0.3 is 4.74 Å². The fraction of sp³-hybridized carbons (Fsp3) is 0.667. The zero-order chi connectivity index (χ0) is 13.1. The minimum atomic E-state index is -0.378. The van der Waals surface area contributed by atoms with Crippen LogP contribution in [0, 0.1) is 10.1 Å². The Labute approximate surface area is 98.1 Å². The number of ether oxygens (including phenoxy) is 1. The molecule has 0 saturated carbocycles. The van der Waals surface area contributed by atoms with Crippen molar-refractivity contribution in [1.82, 2.24) is 0 Å². The highest BCUT2D eigenvalue weighted by molar-refractivity contribution is 5.30. The average molecular weight is 229 g/mol. The van der Waals surface area contributed by atoms with Crippen LogP contribution in [0.1, 0.15) is 41.5 Å². The monoisotopic (exact) mass is 229 g/mol. The van der Waals surface area contributed by atoms with Crippen molar-refractivity contribution in [2.75, 3.05) is 6.61 Å². The Morgan fingerprint density at radius 2 is 1.69 bits per heavy atom. The topological polar surface area (TPSA) is 55.7 Å². The van der Waals surface area contributed by atoms with E-state index in [2.05, 4.69) is 0 Å². The van der Waals surface area contributed by atoms with Crippen molar-refractivity contribution in [1.29, 1.82) is 0 Å². The molecule has 1 atom stereocenters. The van der Waals surface area contributed by atoms with Crippen molar-refractivity contribution in [3.8, 4) is 0 Å². The minimum Gasteiger partial charge on any atom is -0.368 e. The number of nitrogens with zero attached hydrogens (tertiary/aromatic N) is 1. The van der Waals surface area contributed by atoms with E-state index in [1.165, 1.54) is 6.08 Å². The van der Waals surface area contributed by atoms with E-state index in [1.807, 2.05) is 27.7 Å². The standard InChI is InChI=1S/C8H11NO3.2C2H6/c1-3-6(8-5-12-8)7(4-2)9(10)11;2*1-2/h3-4,8H,5H2,1-2H3;2*1-2H3/b6-3+,7-4+;;. The van der Waals surface area contributed by atoms with Crippen LogP contribution in [-0.4, -0.2) is 17.6 Å². The van der Waals surface area contributed by atoms with Crippen LogP contribution in [0.4, 0.5) is 0 Å². The first-order valence-electron chi connectivity index (χ1n) is 5.79. The van der Waals surface area contributed by atoms with E-state index < -0.39 is 0 Å². The minimum absolute atomic E-state index is 0.0494. The zero-order valence-corrected chi connectivity index (χ0v) is 11.1. The molecule has 4 heteroatoms. The second kappa shape index (κ2) is 10.4. The van der Waals surface area contributed by atoms with Gasteiger partial charge in [-0.15, -0.1) is 0 Å². The van der Waals surface area contributed by atoms with Gasteiger partial charge in [0.25, 0.3) is 5.70 Å². The molecule has 16 heavy (non-hydrogen) atoms. The van der Waals surface area contributed by atoms with Crippen molar-refractivity contribution in [3.05, 3.63) is 33.5 Å². The quantitative estimate of drug-likeness (QED) is 0.322. The Morgan fingerprint density at radius 3 is 1.88 bits per heavy atom. The summed E-state index contributed by atoms with van der Waals surface area (Å²) in [5.74, 6) is 0. The first kappa shape index (κ1) is 17.2. The molecular weight excluding hydrogens is 206 g/mol. The lowest BCUT2D eigenvalue weighted by Gasteiger charge is -1.98. The number of hydrogen-bond donors (Lipinski definition) is 0. The van der Waals surface area contributed by atoms with E-state index in [1.54, 1.807) is 19.9 Å². The summed E-state index contributed by atoms with van der Waals surface area (Å²) in [4.78, 5) is 10.1. The van der Waals surface area contributed by atoms with Gasteiger partial charge in [-0.3, -0.25) is 10.1 Å². The summed E-state index contributed by atoms with van der Waals surface area (Å²) in [5, 5.41) is 10.5. The molecule has 1 aliphatic rings. The molecule has 1 rings (SSSR count). The van der Waals surface area contributed by atoms with Crippen molar-refractivity contribution in [2.45, 2.75) is 47.6 Å². The highest BCUT2D eigenvalue weighted by atomic mass is 16.6. The van der Waals surface area contributed by atoms with Crippen molar-refractivity contribution >= 4 is 0 Å². The van der Waals surface area contributed by atoms with Gasteiger partial charge in [0.2, 0.25) is 0 Å². The first-order chi connectivity index (χ1) is 7.70. The number of nitro groups is 1. The smallest absolute Gasteiger partial charge is 0.270 e. The fourth-order valence-corrected chi connectivity index (χ4v) is 1.10. The molecule has 4 nitrogen and oxygen atoms in total. The van der Waals surface area contributed by atoms with Gasteiger partial charge in [-0.05, 0) is 19.9 Å². The summed E-state index contributed by atoms with van der Waals surface area (Å²) < 4.78 is 4.98. The van der Waals surface area contributed by atoms with Crippen molar-refractivity contribution in [3.63, 3.8) is 0 Å². The van der Waals surface area contributed by atoms with Crippen LogP contribution in [0.15, 0.2) is 23.4 Å². The first-order valence-corrected chi connectivity index (χ1v) is 5.79. The predicted molar refractivity (Wildman–Crippen MR) is 66.9 cm³/mol. The molecule has 0 aromatic rings. The molecule has 0 N–H and O–H groups in total. The molecule has 0 aromatic heterocycles. The highest BCUT2D eigenvalue weighted by Gasteiger charge is 2.33. The predicted octanol–water partition coefficient (Wildman–Crippen LogP) is 3.56. The van der Waals surface area contributed by atoms with Gasteiger partial charge in [0, 0.05) is 0 Å². The summed E-state index contributed by atoms with van der Waals surface area (Å²) in [6.45, 7) is 12.0. The van der Waals surface area contributed by atoms with Crippen LogP contribution >= 0.6 is 0 Å². The largest absolute Gasteiger partial charge is 0.368 e. The molecular formula is C12H23NO3. The number of rotatable bonds is 3. The van der Waals surface area contributed by atoms with E-state index in [4.69, 9.17) is 4.74 Å². The summed E-state index contributed by atoms with van der Waals surface area (Å²) in [6.07, 6.45) is 3.18. The number of allylic oxidation sites excluding steroid dienone is 2. The lowest BCUT2D eigenvalue weighted by molar-refractivity contribution is -0.421. The van der Waals surface area contributed by atoms with Crippen LogP contribution in [0.2, 0.25) is 0 Å². The molecule has 1 unspecified atom stereocenters. The number of hydrogen-bond acceptors (Lipinski definition) is 3. The second-order valence-electron chi connectivity index (χ2n) is 2.50. The second-order valence-corrected chi connectivity index (χ2v) is 2.50. The van der Waals surface area contributed by atoms with Gasteiger partial charge in [-0.25, -0.2) is 0 Å². The van der Waals surface area contributed by atoms with Gasteiger partial charge in [0.05, 0.1) is 17.1 Å². The highest BCUT2D eigenvalue weighted by Crippen LogP contribution is 2.25. The van der Waals surface area contributed by atoms with Crippen LogP contribution in [-0.2, 0) is 4.74 Å². The third kappa shape index (κ3) is 5.66. The van der Waals surface area contributed by atoms with E-state index >= 15 is 0 Å². The van der Waals surface area contributed by atoms with E-state index in [-0.39, 0.29) is 16.7 Å². The summed E-state index contributed by atoms with van der Waals surface area (Å²) in [7, 11) is 0. The molecule has 1 fully saturated rings. The molecule has 0 amide bonds. The van der Waals surface area contributed by atoms with Crippen LogP contribution in [0.3, 0.4) is 0 Å². The lowest BCUT2D eigenvalue weighted by atomic mass is 10.1. The maximum atomic E-state index is 10.5. The maximum absolute atomic E-state index is 10.5. The zero-order valence-electron chi connectivity index (χ0n) is 11.1. The molecule has 1 aliphatic heterocycles. The maximum Gasteiger partial charge on any atom is 0.270 e.